The topological polar surface area (TPSA) is 54.3 Å². The molecule has 0 bridgehead atoms. The molecule has 1 aliphatic rings. The molecule has 0 radical (unpaired) electrons. The molecule has 1 saturated heterocycles. The van der Waals surface area contributed by atoms with Crippen molar-refractivity contribution in [1.29, 1.82) is 0 Å². The predicted octanol–water partition coefficient (Wildman–Crippen LogP) is 6.41. The zero-order chi connectivity index (χ0) is 26.8. The van der Waals surface area contributed by atoms with Crippen molar-refractivity contribution in [1.82, 2.24) is 19.4 Å². The molecule has 1 aliphatic heterocycles. The van der Waals surface area contributed by atoms with Crippen molar-refractivity contribution < 1.29 is 4.79 Å². The Morgan fingerprint density at radius 3 is 2.33 bits per heavy atom. The van der Waals surface area contributed by atoms with E-state index >= 15 is 0 Å². The summed E-state index contributed by atoms with van der Waals surface area (Å²) in [6.07, 6.45) is 7.28. The molecule has 0 N–H and O–H groups in total. The number of benzene rings is 3. The Bertz CT molecular complexity index is 1650. The first kappa shape index (κ1) is 24.9. The van der Waals surface area contributed by atoms with E-state index in [2.05, 4.69) is 71.1 Å². The molecule has 39 heavy (non-hydrogen) atoms. The van der Waals surface area contributed by atoms with Crippen LogP contribution in [0.4, 0.5) is 5.82 Å². The molecule has 0 spiro atoms. The largest absolute Gasteiger partial charge is 0.352 e. The van der Waals surface area contributed by atoms with Gasteiger partial charge in [0.25, 0.3) is 0 Å². The number of nitrogens with zero attached hydrogens (tertiary/aromatic N) is 5. The number of para-hydroxylation sites is 1. The van der Waals surface area contributed by atoms with E-state index in [-0.39, 0.29) is 5.91 Å². The second kappa shape index (κ2) is 10.8. The minimum atomic E-state index is 0.00751. The van der Waals surface area contributed by atoms with Gasteiger partial charge in [-0.2, -0.15) is 0 Å². The van der Waals surface area contributed by atoms with Crippen LogP contribution in [0.15, 0.2) is 97.5 Å². The molecule has 1 fully saturated rings. The third-order valence-corrected chi connectivity index (χ3v) is 7.45. The fraction of sp³-hybridized carbons (Fsp3) is 0.156. The summed E-state index contributed by atoms with van der Waals surface area (Å²) in [6, 6.07) is 26.2. The fourth-order valence-electron chi connectivity index (χ4n) is 5.12. The van der Waals surface area contributed by atoms with E-state index in [1.807, 2.05) is 41.3 Å². The lowest BCUT2D eigenvalue weighted by atomic mass is 10.1. The third kappa shape index (κ3) is 5.03. The Morgan fingerprint density at radius 2 is 1.59 bits per heavy atom. The van der Waals surface area contributed by atoms with Crippen molar-refractivity contribution in [2.24, 2.45) is 0 Å². The van der Waals surface area contributed by atoms with E-state index in [1.54, 1.807) is 12.4 Å². The number of fused-ring (bicyclic) bond motifs is 1. The molecular weight excluding hydrogens is 506 g/mol. The second-order valence-corrected chi connectivity index (χ2v) is 10.1. The van der Waals surface area contributed by atoms with Gasteiger partial charge in [0, 0.05) is 54.7 Å². The standard InChI is InChI=1S/C32H28ClN5O/c1-23-7-5-6-10-28(23)38-21-27(25-8-3-2-4-9-25)30-31(34-22-35-32(30)38)37-19-17-36(18-20-37)29(39)16-13-24-11-14-26(33)15-12-24/h2-16,21-22H,17-20H2,1H3/b16-13+. The van der Waals surface area contributed by atoms with Crippen LogP contribution in [0.5, 0.6) is 0 Å². The minimum absolute atomic E-state index is 0.00751. The Hall–Kier alpha value is -4.42. The van der Waals surface area contributed by atoms with Crippen LogP contribution in [0.1, 0.15) is 11.1 Å². The maximum absolute atomic E-state index is 12.9. The average Bonchev–Trinajstić information content (AvgIpc) is 3.37. The third-order valence-electron chi connectivity index (χ3n) is 7.20. The molecule has 0 aliphatic carbocycles. The van der Waals surface area contributed by atoms with Gasteiger partial charge in [-0.1, -0.05) is 72.3 Å². The molecule has 1 amide bonds. The van der Waals surface area contributed by atoms with Crippen LogP contribution < -0.4 is 4.90 Å². The van der Waals surface area contributed by atoms with Crippen molar-refractivity contribution in [2.45, 2.75) is 6.92 Å². The molecule has 3 heterocycles. The van der Waals surface area contributed by atoms with Crippen LogP contribution in [0.2, 0.25) is 5.02 Å². The monoisotopic (exact) mass is 533 g/mol. The fourth-order valence-corrected chi connectivity index (χ4v) is 5.25. The number of aromatic nitrogens is 3. The van der Waals surface area contributed by atoms with Crippen LogP contribution >= 0.6 is 11.6 Å². The normalized spacial score (nSPS) is 13.9. The van der Waals surface area contributed by atoms with Gasteiger partial charge in [-0.05, 0) is 47.9 Å². The molecule has 0 unspecified atom stereocenters. The molecular formula is C32H28ClN5O. The molecule has 3 aromatic carbocycles. The highest BCUT2D eigenvalue weighted by molar-refractivity contribution is 6.30. The van der Waals surface area contributed by atoms with E-state index in [0.29, 0.717) is 31.2 Å². The van der Waals surface area contributed by atoms with Crippen LogP contribution in [0.3, 0.4) is 0 Å². The lowest BCUT2D eigenvalue weighted by molar-refractivity contribution is -0.126. The summed E-state index contributed by atoms with van der Waals surface area (Å²) in [7, 11) is 0. The number of anilines is 1. The van der Waals surface area contributed by atoms with E-state index in [1.165, 1.54) is 5.56 Å². The average molecular weight is 534 g/mol. The summed E-state index contributed by atoms with van der Waals surface area (Å²) in [5.74, 6) is 0.906. The van der Waals surface area contributed by atoms with Gasteiger partial charge in [0.15, 0.2) is 5.65 Å². The lowest BCUT2D eigenvalue weighted by Gasteiger charge is -2.35. The molecule has 0 atom stereocenters. The van der Waals surface area contributed by atoms with Gasteiger partial charge < -0.3 is 14.4 Å². The zero-order valence-electron chi connectivity index (χ0n) is 21.7. The van der Waals surface area contributed by atoms with Gasteiger partial charge >= 0.3 is 0 Å². The Balaban J connectivity index is 1.30. The summed E-state index contributed by atoms with van der Waals surface area (Å²) in [5, 5.41) is 1.70. The van der Waals surface area contributed by atoms with Gasteiger partial charge in [0.2, 0.25) is 5.91 Å². The van der Waals surface area contributed by atoms with Gasteiger partial charge in [0.05, 0.1) is 5.39 Å². The number of aryl methyl sites for hydroxylation is 1. The van der Waals surface area contributed by atoms with Gasteiger partial charge in [-0.3, -0.25) is 4.79 Å². The maximum atomic E-state index is 12.9. The molecule has 194 valence electrons. The van der Waals surface area contributed by atoms with E-state index in [4.69, 9.17) is 21.6 Å². The van der Waals surface area contributed by atoms with Crippen molar-refractivity contribution in [3.05, 3.63) is 114 Å². The highest BCUT2D eigenvalue weighted by atomic mass is 35.5. The maximum Gasteiger partial charge on any atom is 0.246 e. The number of hydrogen-bond donors (Lipinski definition) is 0. The number of halogens is 1. The molecule has 7 heteroatoms. The van der Waals surface area contributed by atoms with Crippen molar-refractivity contribution >= 4 is 40.4 Å². The van der Waals surface area contributed by atoms with Crippen molar-refractivity contribution in [3.8, 4) is 16.8 Å². The lowest BCUT2D eigenvalue weighted by Crippen LogP contribution is -2.48. The van der Waals surface area contributed by atoms with E-state index < -0.39 is 0 Å². The van der Waals surface area contributed by atoms with Crippen molar-refractivity contribution in [2.75, 3.05) is 31.1 Å². The molecule has 2 aromatic heterocycles. The minimum Gasteiger partial charge on any atom is -0.352 e. The summed E-state index contributed by atoms with van der Waals surface area (Å²) in [6.45, 7) is 4.73. The zero-order valence-corrected chi connectivity index (χ0v) is 22.4. The first-order valence-electron chi connectivity index (χ1n) is 13.0. The van der Waals surface area contributed by atoms with Gasteiger partial charge in [0.1, 0.15) is 12.1 Å². The number of hydrogen-bond acceptors (Lipinski definition) is 4. The molecule has 6 nitrogen and oxygen atoms in total. The molecule has 6 rings (SSSR count). The summed E-state index contributed by atoms with van der Waals surface area (Å²) < 4.78 is 2.17. The van der Waals surface area contributed by atoms with E-state index in [0.717, 1.165) is 39.2 Å². The predicted molar refractivity (Wildman–Crippen MR) is 158 cm³/mol. The second-order valence-electron chi connectivity index (χ2n) is 9.66. The Labute approximate surface area is 232 Å². The summed E-state index contributed by atoms with van der Waals surface area (Å²) in [4.78, 5) is 26.6. The number of carbonyl (C=O) groups is 1. The van der Waals surface area contributed by atoms with Crippen LogP contribution in [-0.4, -0.2) is 51.5 Å². The highest BCUT2D eigenvalue weighted by Gasteiger charge is 2.25. The number of rotatable bonds is 5. The molecule has 0 saturated carbocycles. The van der Waals surface area contributed by atoms with Crippen molar-refractivity contribution in [3.63, 3.8) is 0 Å². The number of piperazine rings is 1. The van der Waals surface area contributed by atoms with Crippen LogP contribution in [0.25, 0.3) is 33.9 Å². The van der Waals surface area contributed by atoms with E-state index in [9.17, 15) is 4.79 Å². The number of carbonyl (C=O) groups excluding carboxylic acids is 1. The SMILES string of the molecule is Cc1ccccc1-n1cc(-c2ccccc2)c2c(N3CCN(C(=O)/C=C/c4ccc(Cl)cc4)CC3)ncnc21. The van der Waals surface area contributed by atoms with Crippen LogP contribution in [-0.2, 0) is 4.79 Å². The number of amides is 1. The first-order valence-corrected chi connectivity index (χ1v) is 13.4. The van der Waals surface area contributed by atoms with Crippen LogP contribution in [0, 0.1) is 6.92 Å². The first-order chi connectivity index (χ1) is 19.1. The highest BCUT2D eigenvalue weighted by Crippen LogP contribution is 2.37. The molecule has 5 aromatic rings. The summed E-state index contributed by atoms with van der Waals surface area (Å²) in [5.41, 5.74) is 6.30. The van der Waals surface area contributed by atoms with Gasteiger partial charge in [-0.25, -0.2) is 9.97 Å². The quantitative estimate of drug-likeness (QED) is 0.245. The Kier molecular flexibility index (Phi) is 6.86. The van der Waals surface area contributed by atoms with Gasteiger partial charge in [-0.15, -0.1) is 0 Å². The Morgan fingerprint density at radius 1 is 0.872 bits per heavy atom. The smallest absolute Gasteiger partial charge is 0.246 e. The summed E-state index contributed by atoms with van der Waals surface area (Å²) >= 11 is 5.97.